The van der Waals surface area contributed by atoms with Crippen molar-refractivity contribution in [3.8, 4) is 0 Å². The summed E-state index contributed by atoms with van der Waals surface area (Å²) in [4.78, 5) is 17.4. The molecular formula is C20H26N4OS. The Morgan fingerprint density at radius 2 is 1.92 bits per heavy atom. The summed E-state index contributed by atoms with van der Waals surface area (Å²) in [5.74, 6) is 0.740. The van der Waals surface area contributed by atoms with Gasteiger partial charge in [-0.1, -0.05) is 55.5 Å². The first kappa shape index (κ1) is 17.5. The monoisotopic (exact) mass is 370 g/mol. The molecule has 0 radical (unpaired) electrons. The number of carbonyl (C=O) groups excluding carboxylic acids is 1. The molecule has 1 unspecified atom stereocenters. The zero-order valence-electron chi connectivity index (χ0n) is 15.5. The lowest BCUT2D eigenvalue weighted by atomic mass is 9.85. The molecule has 3 heterocycles. The average molecular weight is 371 g/mol. The van der Waals surface area contributed by atoms with Crippen LogP contribution in [0.4, 0.5) is 5.13 Å². The van der Waals surface area contributed by atoms with Crippen LogP contribution in [-0.2, 0) is 11.2 Å². The van der Waals surface area contributed by atoms with E-state index in [1.54, 1.807) is 11.3 Å². The first-order valence-electron chi connectivity index (χ1n) is 9.49. The van der Waals surface area contributed by atoms with Crippen LogP contribution >= 0.6 is 11.3 Å². The van der Waals surface area contributed by atoms with Gasteiger partial charge >= 0.3 is 0 Å². The van der Waals surface area contributed by atoms with Crippen molar-refractivity contribution in [1.29, 1.82) is 0 Å². The Morgan fingerprint density at radius 1 is 1.15 bits per heavy atom. The summed E-state index contributed by atoms with van der Waals surface area (Å²) in [6.45, 7) is 7.68. The van der Waals surface area contributed by atoms with Crippen molar-refractivity contribution in [2.24, 2.45) is 5.41 Å². The van der Waals surface area contributed by atoms with E-state index in [4.69, 9.17) is 0 Å². The van der Waals surface area contributed by atoms with Crippen LogP contribution in [0, 0.1) is 5.41 Å². The zero-order valence-corrected chi connectivity index (χ0v) is 16.3. The largest absolute Gasteiger partial charge is 0.346 e. The Labute approximate surface area is 159 Å². The predicted octanol–water partition coefficient (Wildman–Crippen LogP) is 3.33. The number of rotatable bonds is 5. The van der Waals surface area contributed by atoms with E-state index in [2.05, 4.69) is 58.1 Å². The molecule has 2 aliphatic rings. The third-order valence-corrected chi connectivity index (χ3v) is 6.95. The molecular weight excluding hydrogens is 344 g/mol. The minimum absolute atomic E-state index is 0.208. The van der Waals surface area contributed by atoms with Crippen LogP contribution in [0.1, 0.15) is 43.2 Å². The van der Waals surface area contributed by atoms with Gasteiger partial charge in [0.15, 0.2) is 0 Å². The van der Waals surface area contributed by atoms with Crippen molar-refractivity contribution in [2.45, 2.75) is 39.0 Å². The molecule has 1 aromatic heterocycles. The van der Waals surface area contributed by atoms with E-state index in [-0.39, 0.29) is 5.41 Å². The lowest BCUT2D eigenvalue weighted by Gasteiger charge is -2.23. The SMILES string of the molecule is CC(C)c1nnc(N2CCC3(CCN(CCc4ccccc4)C3=O)C2)s1. The fraction of sp³-hybridized carbons (Fsp3) is 0.550. The molecule has 5 nitrogen and oxygen atoms in total. The van der Waals surface area contributed by atoms with E-state index in [0.29, 0.717) is 11.8 Å². The maximum absolute atomic E-state index is 13.1. The summed E-state index contributed by atoms with van der Waals surface area (Å²) in [5, 5.41) is 10.7. The number of aromatic nitrogens is 2. The first-order valence-corrected chi connectivity index (χ1v) is 10.3. The molecule has 1 amide bonds. The normalized spacial score (nSPS) is 23.0. The second kappa shape index (κ2) is 6.99. The second-order valence-corrected chi connectivity index (χ2v) is 8.79. The smallest absolute Gasteiger partial charge is 0.230 e. The fourth-order valence-electron chi connectivity index (χ4n) is 4.02. The van der Waals surface area contributed by atoms with Gasteiger partial charge in [-0.25, -0.2) is 0 Å². The maximum atomic E-state index is 13.1. The number of hydrogen-bond donors (Lipinski definition) is 0. The number of benzene rings is 1. The summed E-state index contributed by atoms with van der Waals surface area (Å²) in [5.41, 5.74) is 1.09. The highest BCUT2D eigenvalue weighted by Crippen LogP contribution is 2.43. The van der Waals surface area contributed by atoms with Gasteiger partial charge in [0.2, 0.25) is 11.0 Å². The maximum Gasteiger partial charge on any atom is 0.230 e. The zero-order chi connectivity index (χ0) is 18.1. The average Bonchev–Trinajstić information content (AvgIpc) is 3.36. The van der Waals surface area contributed by atoms with Gasteiger partial charge in [-0.2, -0.15) is 0 Å². The number of hydrogen-bond acceptors (Lipinski definition) is 5. The molecule has 1 aromatic carbocycles. The van der Waals surface area contributed by atoms with Gasteiger partial charge in [0, 0.05) is 32.1 Å². The highest BCUT2D eigenvalue weighted by molar-refractivity contribution is 7.15. The second-order valence-electron chi connectivity index (χ2n) is 7.81. The highest BCUT2D eigenvalue weighted by atomic mass is 32.1. The molecule has 2 fully saturated rings. The van der Waals surface area contributed by atoms with Crippen molar-refractivity contribution in [1.82, 2.24) is 15.1 Å². The van der Waals surface area contributed by atoms with Crippen LogP contribution in [0.2, 0.25) is 0 Å². The van der Waals surface area contributed by atoms with Gasteiger partial charge in [-0.3, -0.25) is 4.79 Å². The molecule has 4 rings (SSSR count). The topological polar surface area (TPSA) is 49.3 Å². The van der Waals surface area contributed by atoms with E-state index in [1.165, 1.54) is 5.56 Å². The number of anilines is 1. The molecule has 0 bridgehead atoms. The van der Waals surface area contributed by atoms with Crippen molar-refractivity contribution in [2.75, 3.05) is 31.1 Å². The molecule has 1 spiro atoms. The van der Waals surface area contributed by atoms with Gasteiger partial charge in [0.1, 0.15) is 5.01 Å². The Kier molecular flexibility index (Phi) is 4.69. The lowest BCUT2D eigenvalue weighted by molar-refractivity contribution is -0.135. The van der Waals surface area contributed by atoms with Crippen molar-refractivity contribution < 1.29 is 4.79 Å². The Hall–Kier alpha value is -1.95. The van der Waals surface area contributed by atoms with E-state index >= 15 is 0 Å². The van der Waals surface area contributed by atoms with Gasteiger partial charge in [0.25, 0.3) is 0 Å². The molecule has 0 aliphatic carbocycles. The molecule has 2 aliphatic heterocycles. The van der Waals surface area contributed by atoms with Crippen LogP contribution in [0.3, 0.4) is 0 Å². The summed E-state index contributed by atoms with van der Waals surface area (Å²) in [6.07, 6.45) is 2.83. The number of amides is 1. The van der Waals surface area contributed by atoms with E-state index < -0.39 is 0 Å². The molecule has 6 heteroatoms. The van der Waals surface area contributed by atoms with Crippen molar-refractivity contribution >= 4 is 22.4 Å². The fourth-order valence-corrected chi connectivity index (χ4v) is 4.89. The minimum Gasteiger partial charge on any atom is -0.346 e. The standard InChI is InChI=1S/C20H26N4OS/c1-15(2)17-21-22-19(26-17)24-13-10-20(14-24)9-12-23(18(20)25)11-8-16-6-4-3-5-7-16/h3-7,15H,8-14H2,1-2H3. The van der Waals surface area contributed by atoms with Crippen LogP contribution in [-0.4, -0.2) is 47.2 Å². The van der Waals surface area contributed by atoms with Crippen LogP contribution < -0.4 is 4.90 Å². The van der Waals surface area contributed by atoms with Gasteiger partial charge in [-0.05, 0) is 24.8 Å². The summed E-state index contributed by atoms with van der Waals surface area (Å²) in [7, 11) is 0. The third-order valence-electron chi connectivity index (χ3n) is 5.66. The Bertz CT molecular complexity index is 775. The molecule has 2 saturated heterocycles. The number of likely N-dealkylation sites (tertiary alicyclic amines) is 1. The predicted molar refractivity (Wildman–Crippen MR) is 105 cm³/mol. The third kappa shape index (κ3) is 3.22. The molecule has 0 saturated carbocycles. The van der Waals surface area contributed by atoms with E-state index in [9.17, 15) is 4.79 Å². The van der Waals surface area contributed by atoms with E-state index in [1.807, 2.05) is 6.07 Å². The number of nitrogens with zero attached hydrogens (tertiary/aromatic N) is 4. The van der Waals surface area contributed by atoms with Crippen molar-refractivity contribution in [3.05, 3.63) is 40.9 Å². The lowest BCUT2D eigenvalue weighted by Crippen LogP contribution is -2.37. The van der Waals surface area contributed by atoms with Gasteiger partial charge in [0.05, 0.1) is 5.41 Å². The summed E-state index contributed by atoms with van der Waals surface area (Å²) >= 11 is 1.67. The molecule has 1 atom stereocenters. The molecule has 0 N–H and O–H groups in total. The van der Waals surface area contributed by atoms with Gasteiger partial charge in [-0.15, -0.1) is 10.2 Å². The summed E-state index contributed by atoms with van der Waals surface area (Å²) in [6, 6.07) is 10.4. The molecule has 26 heavy (non-hydrogen) atoms. The Balaban J connectivity index is 1.39. The molecule has 2 aromatic rings. The van der Waals surface area contributed by atoms with Crippen molar-refractivity contribution in [3.63, 3.8) is 0 Å². The number of carbonyl (C=O) groups is 1. The Morgan fingerprint density at radius 3 is 2.65 bits per heavy atom. The van der Waals surface area contributed by atoms with E-state index in [0.717, 1.165) is 55.6 Å². The molecule has 138 valence electrons. The van der Waals surface area contributed by atoms with Crippen LogP contribution in [0.25, 0.3) is 0 Å². The quantitative estimate of drug-likeness (QED) is 0.810. The van der Waals surface area contributed by atoms with Crippen LogP contribution in [0.5, 0.6) is 0 Å². The highest BCUT2D eigenvalue weighted by Gasteiger charge is 2.51. The summed E-state index contributed by atoms with van der Waals surface area (Å²) < 4.78 is 0. The van der Waals surface area contributed by atoms with Crippen LogP contribution in [0.15, 0.2) is 30.3 Å². The van der Waals surface area contributed by atoms with Gasteiger partial charge < -0.3 is 9.80 Å². The minimum atomic E-state index is -0.208. The first-order chi connectivity index (χ1) is 12.6.